The zero-order valence-corrected chi connectivity index (χ0v) is 21.1. The Balaban J connectivity index is 0.00000274. The van der Waals surface area contributed by atoms with Gasteiger partial charge in [0.15, 0.2) is 11.5 Å². The highest BCUT2D eigenvalue weighted by atomic mass is 35.5. The third kappa shape index (κ3) is 4.62. The van der Waals surface area contributed by atoms with E-state index in [0.717, 1.165) is 40.6 Å². The lowest BCUT2D eigenvalue weighted by Gasteiger charge is -2.44. The number of piperidine rings is 1. The summed E-state index contributed by atoms with van der Waals surface area (Å²) < 4.78 is 39.1. The maximum Gasteiger partial charge on any atom is 0.243 e. The third-order valence-corrected chi connectivity index (χ3v) is 8.78. The van der Waals surface area contributed by atoms with Gasteiger partial charge in [0.05, 0.1) is 17.0 Å². The molecule has 1 saturated heterocycles. The second-order valence-corrected chi connectivity index (χ2v) is 10.9. The van der Waals surface area contributed by atoms with Crippen LogP contribution in [0.4, 0.5) is 0 Å². The van der Waals surface area contributed by atoms with Gasteiger partial charge in [-0.05, 0) is 56.0 Å². The van der Waals surface area contributed by atoms with Gasteiger partial charge in [-0.15, -0.1) is 12.4 Å². The van der Waals surface area contributed by atoms with Crippen molar-refractivity contribution in [2.75, 3.05) is 33.0 Å². The van der Waals surface area contributed by atoms with Crippen molar-refractivity contribution >= 4 is 28.3 Å². The van der Waals surface area contributed by atoms with E-state index in [9.17, 15) is 8.42 Å². The highest BCUT2D eigenvalue weighted by molar-refractivity contribution is 7.89. The van der Waals surface area contributed by atoms with Gasteiger partial charge in [0.25, 0.3) is 0 Å². The van der Waals surface area contributed by atoms with Crippen LogP contribution in [0.2, 0.25) is 0 Å². The lowest BCUT2D eigenvalue weighted by Crippen LogP contribution is -2.64. The minimum atomic E-state index is -3.52. The number of nitrogens with one attached hydrogen (secondary N) is 2. The van der Waals surface area contributed by atoms with E-state index in [1.54, 1.807) is 10.4 Å². The number of aliphatic imine (C=N–C) groups is 1. The van der Waals surface area contributed by atoms with Crippen LogP contribution in [0.1, 0.15) is 29.5 Å². The van der Waals surface area contributed by atoms with Crippen molar-refractivity contribution in [2.24, 2.45) is 4.99 Å². The van der Waals surface area contributed by atoms with Crippen molar-refractivity contribution in [3.05, 3.63) is 53.1 Å². The molecule has 3 aliphatic rings. The Bertz CT molecular complexity index is 1190. The van der Waals surface area contributed by atoms with Crippen LogP contribution < -0.4 is 20.1 Å². The minimum absolute atomic E-state index is 0. The van der Waals surface area contributed by atoms with Crippen LogP contribution in [0.5, 0.6) is 11.5 Å². The maximum absolute atomic E-state index is 13.3. The van der Waals surface area contributed by atoms with Gasteiger partial charge in [-0.2, -0.15) is 4.31 Å². The van der Waals surface area contributed by atoms with Crippen LogP contribution >= 0.6 is 12.4 Å². The van der Waals surface area contributed by atoms with E-state index in [2.05, 4.69) is 10.6 Å². The molecule has 2 aromatic carbocycles. The molecule has 0 unspecified atom stereocenters. The second-order valence-electron chi connectivity index (χ2n) is 8.95. The average molecular weight is 507 g/mol. The molecule has 0 bridgehead atoms. The topological polar surface area (TPSA) is 92.3 Å². The van der Waals surface area contributed by atoms with Gasteiger partial charge in [-0.1, -0.05) is 23.8 Å². The Labute approximate surface area is 207 Å². The molecule has 0 aliphatic carbocycles. The zero-order valence-electron chi connectivity index (χ0n) is 19.5. The molecule has 0 radical (unpaired) electrons. The largest absolute Gasteiger partial charge is 0.454 e. The first-order chi connectivity index (χ1) is 15.9. The molecule has 184 valence electrons. The van der Waals surface area contributed by atoms with Crippen LogP contribution in [0, 0.1) is 13.8 Å². The molecule has 5 rings (SSSR count). The lowest BCUT2D eigenvalue weighted by molar-refractivity contribution is 0.174. The van der Waals surface area contributed by atoms with Crippen LogP contribution in [-0.2, 0) is 16.6 Å². The van der Waals surface area contributed by atoms with Crippen LogP contribution in [0.3, 0.4) is 0 Å². The highest BCUT2D eigenvalue weighted by Gasteiger charge is 2.43. The molecule has 2 aromatic rings. The summed E-state index contributed by atoms with van der Waals surface area (Å²) in [5.74, 6) is 2.44. The van der Waals surface area contributed by atoms with Crippen LogP contribution in [0.25, 0.3) is 0 Å². The Kier molecular flexibility index (Phi) is 7.09. The molecule has 0 aromatic heterocycles. The number of halogens is 1. The van der Waals surface area contributed by atoms with Crippen molar-refractivity contribution in [3.8, 4) is 11.5 Å². The number of benzene rings is 2. The summed E-state index contributed by atoms with van der Waals surface area (Å²) in [7, 11) is -3.52. The molecule has 34 heavy (non-hydrogen) atoms. The number of sulfonamides is 1. The monoisotopic (exact) mass is 506 g/mol. The molecule has 2 N–H and O–H groups in total. The second kappa shape index (κ2) is 9.73. The maximum atomic E-state index is 13.3. The summed E-state index contributed by atoms with van der Waals surface area (Å²) in [6.07, 6.45) is 1.34. The molecule has 3 heterocycles. The Morgan fingerprint density at radius 2 is 1.85 bits per heavy atom. The molecule has 10 heteroatoms. The van der Waals surface area contributed by atoms with Crippen LogP contribution in [-0.4, -0.2) is 57.1 Å². The van der Waals surface area contributed by atoms with Crippen molar-refractivity contribution in [3.63, 3.8) is 0 Å². The van der Waals surface area contributed by atoms with Crippen molar-refractivity contribution in [1.29, 1.82) is 0 Å². The summed E-state index contributed by atoms with van der Waals surface area (Å²) in [6.45, 7) is 7.10. The average Bonchev–Trinajstić information content (AvgIpc) is 3.27. The molecular weight excluding hydrogens is 476 g/mol. The first-order valence-corrected chi connectivity index (χ1v) is 12.8. The molecule has 1 fully saturated rings. The van der Waals surface area contributed by atoms with Gasteiger partial charge in [0.2, 0.25) is 16.8 Å². The number of hydrogen-bond donors (Lipinski definition) is 2. The third-order valence-electron chi connectivity index (χ3n) is 6.72. The predicted molar refractivity (Wildman–Crippen MR) is 134 cm³/mol. The van der Waals surface area contributed by atoms with Gasteiger partial charge < -0.3 is 20.1 Å². The van der Waals surface area contributed by atoms with E-state index < -0.39 is 10.0 Å². The Hall–Kier alpha value is -2.33. The lowest BCUT2D eigenvalue weighted by atomic mass is 9.85. The summed E-state index contributed by atoms with van der Waals surface area (Å²) in [4.78, 5) is 5.18. The number of amidine groups is 1. The fourth-order valence-corrected chi connectivity index (χ4v) is 6.56. The molecule has 1 spiro atoms. The Morgan fingerprint density at radius 3 is 2.62 bits per heavy atom. The van der Waals surface area contributed by atoms with Crippen molar-refractivity contribution in [2.45, 2.75) is 43.7 Å². The number of nitrogens with zero attached hydrogens (tertiary/aromatic N) is 2. The first kappa shape index (κ1) is 24.8. The first-order valence-electron chi connectivity index (χ1n) is 11.4. The van der Waals surface area contributed by atoms with E-state index in [1.165, 1.54) is 0 Å². The van der Waals surface area contributed by atoms with E-state index in [-0.39, 0.29) is 24.7 Å². The smallest absolute Gasteiger partial charge is 0.243 e. The van der Waals surface area contributed by atoms with Gasteiger partial charge in [-0.3, -0.25) is 4.99 Å². The number of aryl methyl sites for hydroxylation is 2. The minimum Gasteiger partial charge on any atom is -0.454 e. The normalized spacial score (nSPS) is 19.4. The molecule has 8 nitrogen and oxygen atoms in total. The number of ether oxygens (including phenoxy) is 2. The fourth-order valence-electron chi connectivity index (χ4n) is 4.91. The van der Waals surface area contributed by atoms with Gasteiger partial charge in [0.1, 0.15) is 5.84 Å². The molecule has 0 amide bonds. The summed E-state index contributed by atoms with van der Waals surface area (Å²) in [5.41, 5.74) is 2.60. The summed E-state index contributed by atoms with van der Waals surface area (Å²) in [5, 5.41) is 7.15. The molecule has 3 aliphatic heterocycles. The predicted octanol–water partition coefficient (Wildman–Crippen LogP) is 2.77. The molecular formula is C24H31ClN4O4S. The van der Waals surface area contributed by atoms with Gasteiger partial charge >= 0.3 is 0 Å². The Morgan fingerprint density at radius 1 is 1.09 bits per heavy atom. The van der Waals surface area contributed by atoms with E-state index in [1.807, 2.05) is 44.2 Å². The quantitative estimate of drug-likeness (QED) is 0.662. The van der Waals surface area contributed by atoms with E-state index in [4.69, 9.17) is 14.5 Å². The van der Waals surface area contributed by atoms with Gasteiger partial charge in [0, 0.05) is 26.2 Å². The molecule has 0 atom stereocenters. The summed E-state index contributed by atoms with van der Waals surface area (Å²) >= 11 is 0. The standard InChI is InChI=1S/C24H30N4O4S.ClH/c1-17-3-6-22(18(2)13-17)33(29,30)28-11-7-24(8-12-28)23(25-9-10-27-24)26-15-19-4-5-20-21(14-19)32-16-31-20;/h3-6,13-14,27H,7-12,15-16H2,1-2H3,(H,25,26);1H. The van der Waals surface area contributed by atoms with Crippen molar-refractivity contribution in [1.82, 2.24) is 14.9 Å². The zero-order chi connectivity index (χ0) is 23.1. The van der Waals surface area contributed by atoms with Gasteiger partial charge in [-0.25, -0.2) is 8.42 Å². The fraction of sp³-hybridized carbons (Fsp3) is 0.458. The number of fused-ring (bicyclic) bond motifs is 1. The van der Waals surface area contributed by atoms with Crippen LogP contribution in [0.15, 0.2) is 46.3 Å². The summed E-state index contributed by atoms with van der Waals surface area (Å²) in [6, 6.07) is 11.4. The SMILES string of the molecule is Cc1ccc(S(=O)(=O)N2CCC3(CC2)NCCN=C3NCc2ccc3c(c2)OCO3)c(C)c1.Cl. The van der Waals surface area contributed by atoms with Crippen molar-refractivity contribution < 1.29 is 17.9 Å². The molecule has 0 saturated carbocycles. The number of rotatable bonds is 4. The van der Waals surface area contributed by atoms with E-state index in [0.29, 0.717) is 43.9 Å². The highest BCUT2D eigenvalue weighted by Crippen LogP contribution is 2.33. The number of hydrogen-bond acceptors (Lipinski definition) is 7. The van der Waals surface area contributed by atoms with E-state index >= 15 is 0 Å².